The number of nitrogens with zero attached hydrogens (tertiary/aromatic N) is 3. The third-order valence-corrected chi connectivity index (χ3v) is 7.22. The van der Waals surface area contributed by atoms with Gasteiger partial charge in [-0.05, 0) is 45.7 Å². The first-order valence-corrected chi connectivity index (χ1v) is 10.4. The van der Waals surface area contributed by atoms with Gasteiger partial charge in [0, 0.05) is 30.0 Å². The van der Waals surface area contributed by atoms with E-state index in [9.17, 15) is 9.59 Å². The van der Waals surface area contributed by atoms with E-state index in [0.717, 1.165) is 47.8 Å². The largest absolute Gasteiger partial charge is 0.349 e. The van der Waals surface area contributed by atoms with Gasteiger partial charge in [0.05, 0.1) is 18.2 Å². The van der Waals surface area contributed by atoms with E-state index in [1.165, 1.54) is 0 Å². The number of anilines is 1. The second-order valence-electron chi connectivity index (χ2n) is 8.52. The molecule has 0 bridgehead atoms. The fraction of sp³-hybridized carbons (Fsp3) is 0.500. The van der Waals surface area contributed by atoms with Crippen LogP contribution in [0.1, 0.15) is 42.0 Å². The highest BCUT2D eigenvalue weighted by molar-refractivity contribution is 6.09. The van der Waals surface area contributed by atoms with Crippen molar-refractivity contribution >= 4 is 17.5 Å². The predicted molar refractivity (Wildman–Crippen MR) is 109 cm³/mol. The summed E-state index contributed by atoms with van der Waals surface area (Å²) in [5.74, 6) is 0.299. The minimum absolute atomic E-state index is 0.0630. The first-order valence-electron chi connectivity index (χ1n) is 10.4. The van der Waals surface area contributed by atoms with Crippen molar-refractivity contribution in [1.82, 2.24) is 19.8 Å². The summed E-state index contributed by atoms with van der Waals surface area (Å²) in [4.78, 5) is 33.6. The number of aryl methyl sites for hydroxylation is 1. The lowest BCUT2D eigenvalue weighted by Crippen LogP contribution is -2.54. The number of amides is 2. The smallest absolute Gasteiger partial charge is 0.250 e. The number of imidazole rings is 1. The van der Waals surface area contributed by atoms with Crippen molar-refractivity contribution in [3.63, 3.8) is 0 Å². The van der Waals surface area contributed by atoms with Gasteiger partial charge in [0.1, 0.15) is 11.4 Å². The number of hydrogen-bond donors (Lipinski definition) is 2. The van der Waals surface area contributed by atoms with E-state index in [0.29, 0.717) is 13.0 Å². The average molecular weight is 393 g/mol. The molecule has 1 aromatic heterocycles. The second-order valence-corrected chi connectivity index (χ2v) is 8.52. The Hall–Kier alpha value is -2.67. The molecule has 5 rings (SSSR count). The zero-order valence-corrected chi connectivity index (χ0v) is 17.2. The van der Waals surface area contributed by atoms with Crippen LogP contribution in [-0.2, 0) is 28.7 Å². The molecule has 2 amide bonds. The van der Waals surface area contributed by atoms with Crippen LogP contribution in [0.2, 0.25) is 0 Å². The quantitative estimate of drug-likeness (QED) is 0.836. The van der Waals surface area contributed by atoms with E-state index in [4.69, 9.17) is 0 Å². The number of carbonyl (C=O) groups is 2. The molecule has 7 heteroatoms. The van der Waals surface area contributed by atoms with Crippen molar-refractivity contribution in [3.05, 3.63) is 47.0 Å². The highest BCUT2D eigenvalue weighted by Crippen LogP contribution is 2.55. The molecule has 4 heterocycles. The van der Waals surface area contributed by atoms with Crippen molar-refractivity contribution < 1.29 is 9.59 Å². The molecule has 29 heavy (non-hydrogen) atoms. The Morgan fingerprint density at radius 1 is 1.34 bits per heavy atom. The van der Waals surface area contributed by atoms with E-state index in [-0.39, 0.29) is 17.9 Å². The molecule has 3 atom stereocenters. The Kier molecular flexibility index (Phi) is 4.07. The Balaban J connectivity index is 1.48. The Bertz CT molecular complexity index is 1010. The number of nitrogens with one attached hydrogen (secondary N) is 2. The predicted octanol–water partition coefficient (Wildman–Crippen LogP) is 1.99. The lowest BCUT2D eigenvalue weighted by Gasteiger charge is -2.36. The lowest BCUT2D eigenvalue weighted by molar-refractivity contribution is -0.137. The van der Waals surface area contributed by atoms with Gasteiger partial charge in [-0.15, -0.1) is 0 Å². The Morgan fingerprint density at radius 3 is 2.90 bits per heavy atom. The third-order valence-electron chi connectivity index (χ3n) is 7.22. The number of carbonyl (C=O) groups excluding carboxylic acids is 2. The first-order chi connectivity index (χ1) is 13.9. The van der Waals surface area contributed by atoms with Crippen LogP contribution >= 0.6 is 0 Å². The fourth-order valence-corrected chi connectivity index (χ4v) is 5.61. The van der Waals surface area contributed by atoms with Gasteiger partial charge in [0.2, 0.25) is 11.8 Å². The summed E-state index contributed by atoms with van der Waals surface area (Å²) in [6.45, 7) is 5.22. The number of para-hydroxylation sites is 1. The number of fused-ring (bicyclic) bond motifs is 4. The van der Waals surface area contributed by atoms with Crippen LogP contribution in [0, 0.1) is 19.8 Å². The zero-order valence-electron chi connectivity index (χ0n) is 17.2. The van der Waals surface area contributed by atoms with Crippen LogP contribution in [0.4, 0.5) is 5.69 Å². The SMILES string of the molecule is Cc1nc(CNC(=O)[C@H]2C[C@H]3CCCN3[C@]23C(=O)Nc2ccccc23)n(C)c1C. The van der Waals surface area contributed by atoms with Crippen LogP contribution in [0.5, 0.6) is 0 Å². The highest BCUT2D eigenvalue weighted by Gasteiger charge is 2.65. The molecular weight excluding hydrogens is 366 g/mol. The highest BCUT2D eigenvalue weighted by atomic mass is 16.2. The normalized spacial score (nSPS) is 27.9. The van der Waals surface area contributed by atoms with Gasteiger partial charge < -0.3 is 15.2 Å². The average Bonchev–Trinajstić information content (AvgIpc) is 3.42. The first kappa shape index (κ1) is 18.4. The minimum atomic E-state index is -0.894. The topological polar surface area (TPSA) is 79.3 Å². The van der Waals surface area contributed by atoms with Gasteiger partial charge in [-0.1, -0.05) is 18.2 Å². The van der Waals surface area contributed by atoms with Gasteiger partial charge in [-0.3, -0.25) is 14.5 Å². The summed E-state index contributed by atoms with van der Waals surface area (Å²) >= 11 is 0. The maximum Gasteiger partial charge on any atom is 0.250 e. The van der Waals surface area contributed by atoms with Crippen LogP contribution in [0.25, 0.3) is 0 Å². The molecule has 152 valence electrons. The van der Waals surface area contributed by atoms with Gasteiger partial charge in [-0.2, -0.15) is 0 Å². The molecule has 3 aliphatic heterocycles. The molecule has 0 unspecified atom stereocenters. The van der Waals surface area contributed by atoms with Crippen molar-refractivity contribution in [3.8, 4) is 0 Å². The van der Waals surface area contributed by atoms with E-state index >= 15 is 0 Å². The molecule has 0 aliphatic carbocycles. The van der Waals surface area contributed by atoms with Crippen LogP contribution in [0.15, 0.2) is 24.3 Å². The van der Waals surface area contributed by atoms with Crippen LogP contribution in [-0.4, -0.2) is 38.9 Å². The number of aromatic nitrogens is 2. The van der Waals surface area contributed by atoms with Crippen molar-refractivity contribution in [2.75, 3.05) is 11.9 Å². The molecule has 2 saturated heterocycles. The lowest BCUT2D eigenvalue weighted by atomic mass is 9.78. The number of benzene rings is 1. The van der Waals surface area contributed by atoms with E-state index < -0.39 is 11.5 Å². The number of hydrogen-bond acceptors (Lipinski definition) is 4. The standard InChI is InChI=1S/C22H27N5O2/c1-13-14(2)26(3)19(24-13)12-23-20(28)17-11-15-7-6-10-27(15)22(17)16-8-4-5-9-18(16)25-21(22)29/h4-5,8-9,15,17H,6-7,10-12H2,1-3H3,(H,23,28)(H,25,29)/t15-,17-,22+/m1/s1. The van der Waals surface area contributed by atoms with Crippen molar-refractivity contribution in [2.45, 2.75) is 51.2 Å². The van der Waals surface area contributed by atoms with Crippen molar-refractivity contribution in [1.29, 1.82) is 0 Å². The third kappa shape index (κ3) is 2.43. The molecule has 7 nitrogen and oxygen atoms in total. The van der Waals surface area contributed by atoms with Crippen molar-refractivity contribution in [2.24, 2.45) is 13.0 Å². The molecule has 2 aromatic rings. The zero-order chi connectivity index (χ0) is 20.3. The van der Waals surface area contributed by atoms with E-state index in [1.807, 2.05) is 49.7 Å². The summed E-state index contributed by atoms with van der Waals surface area (Å²) in [6, 6.07) is 8.09. The molecule has 2 fully saturated rings. The molecular formula is C22H27N5O2. The number of rotatable bonds is 3. The van der Waals surface area contributed by atoms with Gasteiger partial charge in [-0.25, -0.2) is 4.98 Å². The summed E-state index contributed by atoms with van der Waals surface area (Å²) in [5.41, 5.74) is 2.95. The fourth-order valence-electron chi connectivity index (χ4n) is 5.61. The molecule has 1 aromatic carbocycles. The molecule has 0 saturated carbocycles. The van der Waals surface area contributed by atoms with Gasteiger partial charge in [0.15, 0.2) is 0 Å². The summed E-state index contributed by atoms with van der Waals surface area (Å²) in [7, 11) is 1.96. The molecule has 0 radical (unpaired) electrons. The Morgan fingerprint density at radius 2 is 2.14 bits per heavy atom. The summed E-state index contributed by atoms with van der Waals surface area (Å²) in [5, 5.41) is 6.13. The van der Waals surface area contributed by atoms with E-state index in [2.05, 4.69) is 20.5 Å². The molecule has 1 spiro atoms. The summed E-state index contributed by atoms with van der Waals surface area (Å²) < 4.78 is 2.01. The second kappa shape index (κ2) is 6.42. The van der Waals surface area contributed by atoms with Crippen LogP contribution < -0.4 is 10.6 Å². The Labute approximate surface area is 170 Å². The summed E-state index contributed by atoms with van der Waals surface area (Å²) in [6.07, 6.45) is 2.83. The van der Waals surface area contributed by atoms with Gasteiger partial charge in [0.25, 0.3) is 0 Å². The monoisotopic (exact) mass is 393 g/mol. The van der Waals surface area contributed by atoms with Gasteiger partial charge >= 0.3 is 0 Å². The maximum absolute atomic E-state index is 13.4. The minimum Gasteiger partial charge on any atom is -0.349 e. The van der Waals surface area contributed by atoms with E-state index in [1.54, 1.807) is 0 Å². The van der Waals surface area contributed by atoms with Crippen LogP contribution in [0.3, 0.4) is 0 Å². The maximum atomic E-state index is 13.4. The molecule has 2 N–H and O–H groups in total. The molecule has 3 aliphatic rings.